The van der Waals surface area contributed by atoms with Gasteiger partial charge >= 0.3 is 0 Å². The lowest BCUT2D eigenvalue weighted by atomic mass is 10.2. The van der Waals surface area contributed by atoms with Crippen molar-refractivity contribution in [1.82, 2.24) is 9.97 Å². The first-order valence-corrected chi connectivity index (χ1v) is 5.94. The van der Waals surface area contributed by atoms with Gasteiger partial charge in [-0.1, -0.05) is 27.7 Å². The summed E-state index contributed by atoms with van der Waals surface area (Å²) in [5.41, 5.74) is -0.0906. The predicted molar refractivity (Wildman–Crippen MR) is 66.9 cm³/mol. The van der Waals surface area contributed by atoms with Crippen molar-refractivity contribution in [1.29, 1.82) is 0 Å². The summed E-state index contributed by atoms with van der Waals surface area (Å²) in [5.74, 6) is 1.65. The third kappa shape index (κ3) is 3.36. The zero-order valence-corrected chi connectivity index (χ0v) is 10.5. The summed E-state index contributed by atoms with van der Waals surface area (Å²) in [5, 5.41) is 3.28. The highest BCUT2D eigenvalue weighted by atomic mass is 16.1. The zero-order valence-electron chi connectivity index (χ0n) is 10.5. The average molecular weight is 223 g/mol. The minimum absolute atomic E-state index is 0.0906. The van der Waals surface area contributed by atoms with E-state index >= 15 is 0 Å². The maximum absolute atomic E-state index is 11.4. The molecule has 90 valence electrons. The molecule has 2 N–H and O–H groups in total. The number of aromatic nitrogens is 2. The van der Waals surface area contributed by atoms with Crippen LogP contribution in [-0.2, 0) is 0 Å². The topological polar surface area (TPSA) is 57.8 Å². The Bertz CT molecular complexity index is 380. The van der Waals surface area contributed by atoms with Crippen LogP contribution in [0.25, 0.3) is 0 Å². The van der Waals surface area contributed by atoms with Gasteiger partial charge in [0.1, 0.15) is 11.6 Å². The Labute approximate surface area is 96.5 Å². The summed E-state index contributed by atoms with van der Waals surface area (Å²) in [6.45, 7) is 8.27. The van der Waals surface area contributed by atoms with Crippen molar-refractivity contribution in [3.63, 3.8) is 0 Å². The molecule has 4 nitrogen and oxygen atoms in total. The minimum atomic E-state index is -0.0906. The second-order valence-electron chi connectivity index (χ2n) is 4.33. The number of nitrogens with zero attached hydrogens (tertiary/aromatic N) is 1. The van der Waals surface area contributed by atoms with Crippen LogP contribution in [0.2, 0.25) is 0 Å². The summed E-state index contributed by atoms with van der Waals surface area (Å²) in [4.78, 5) is 18.6. The first-order valence-electron chi connectivity index (χ1n) is 5.94. The highest BCUT2D eigenvalue weighted by Crippen LogP contribution is 2.11. The van der Waals surface area contributed by atoms with Crippen LogP contribution in [-0.4, -0.2) is 16.0 Å². The van der Waals surface area contributed by atoms with Gasteiger partial charge in [-0.2, -0.15) is 0 Å². The highest BCUT2D eigenvalue weighted by molar-refractivity contribution is 5.34. The SMILES string of the molecule is CCC(CC)Nc1cc(=O)[nH]c(C(C)C)n1. The van der Waals surface area contributed by atoms with Crippen molar-refractivity contribution in [2.24, 2.45) is 0 Å². The lowest BCUT2D eigenvalue weighted by Crippen LogP contribution is -2.21. The highest BCUT2D eigenvalue weighted by Gasteiger charge is 2.08. The van der Waals surface area contributed by atoms with Gasteiger partial charge in [-0.25, -0.2) is 4.98 Å². The Kier molecular flexibility index (Phi) is 4.52. The van der Waals surface area contributed by atoms with Crippen LogP contribution in [0.3, 0.4) is 0 Å². The van der Waals surface area contributed by atoms with E-state index in [1.165, 1.54) is 6.07 Å². The van der Waals surface area contributed by atoms with E-state index in [0.29, 0.717) is 11.9 Å². The van der Waals surface area contributed by atoms with Crippen LogP contribution < -0.4 is 10.9 Å². The normalized spacial score (nSPS) is 11.1. The van der Waals surface area contributed by atoms with Gasteiger partial charge in [0, 0.05) is 18.0 Å². The zero-order chi connectivity index (χ0) is 12.1. The molecule has 0 unspecified atom stereocenters. The molecule has 0 amide bonds. The first-order chi connectivity index (χ1) is 7.56. The lowest BCUT2D eigenvalue weighted by molar-refractivity contribution is 0.664. The predicted octanol–water partition coefficient (Wildman–Crippen LogP) is 2.49. The van der Waals surface area contributed by atoms with Gasteiger partial charge in [0.05, 0.1) is 0 Å². The molecule has 0 fully saturated rings. The fraction of sp³-hybridized carbons (Fsp3) is 0.667. The fourth-order valence-electron chi connectivity index (χ4n) is 1.53. The number of nitrogens with one attached hydrogen (secondary N) is 2. The minimum Gasteiger partial charge on any atom is -0.367 e. The van der Waals surface area contributed by atoms with Crippen molar-refractivity contribution in [3.05, 3.63) is 22.2 Å². The van der Waals surface area contributed by atoms with Gasteiger partial charge < -0.3 is 10.3 Å². The molecular formula is C12H21N3O. The monoisotopic (exact) mass is 223 g/mol. The van der Waals surface area contributed by atoms with E-state index in [1.54, 1.807) is 0 Å². The molecule has 1 aromatic rings. The van der Waals surface area contributed by atoms with Crippen LogP contribution >= 0.6 is 0 Å². The molecule has 0 saturated carbocycles. The molecule has 16 heavy (non-hydrogen) atoms. The third-order valence-electron chi connectivity index (χ3n) is 2.64. The van der Waals surface area contributed by atoms with Crippen molar-refractivity contribution < 1.29 is 0 Å². The van der Waals surface area contributed by atoms with E-state index in [0.717, 1.165) is 18.7 Å². The van der Waals surface area contributed by atoms with Crippen molar-refractivity contribution >= 4 is 5.82 Å². The maximum atomic E-state index is 11.4. The molecule has 0 aliphatic carbocycles. The smallest absolute Gasteiger partial charge is 0.252 e. The van der Waals surface area contributed by atoms with E-state index < -0.39 is 0 Å². The lowest BCUT2D eigenvalue weighted by Gasteiger charge is -2.16. The van der Waals surface area contributed by atoms with Crippen LogP contribution in [0.1, 0.15) is 52.3 Å². The van der Waals surface area contributed by atoms with Gasteiger partial charge in [-0.3, -0.25) is 4.79 Å². The van der Waals surface area contributed by atoms with Gasteiger partial charge in [-0.05, 0) is 12.8 Å². The Hall–Kier alpha value is -1.32. The number of anilines is 1. The molecule has 0 atom stereocenters. The summed E-state index contributed by atoms with van der Waals surface area (Å²) < 4.78 is 0. The van der Waals surface area contributed by atoms with E-state index in [9.17, 15) is 4.79 Å². The molecule has 1 aromatic heterocycles. The number of H-pyrrole nitrogens is 1. The Morgan fingerprint density at radius 3 is 2.50 bits per heavy atom. The van der Waals surface area contributed by atoms with Gasteiger partial charge in [0.2, 0.25) is 0 Å². The molecule has 4 heteroatoms. The van der Waals surface area contributed by atoms with Crippen LogP contribution in [0, 0.1) is 0 Å². The molecular weight excluding hydrogens is 202 g/mol. The Morgan fingerprint density at radius 1 is 1.38 bits per heavy atom. The van der Waals surface area contributed by atoms with Crippen molar-refractivity contribution in [2.75, 3.05) is 5.32 Å². The fourth-order valence-corrected chi connectivity index (χ4v) is 1.53. The molecule has 0 aliphatic heterocycles. The van der Waals surface area contributed by atoms with Crippen LogP contribution in [0.5, 0.6) is 0 Å². The van der Waals surface area contributed by atoms with Crippen molar-refractivity contribution in [2.45, 2.75) is 52.5 Å². The van der Waals surface area contributed by atoms with Gasteiger partial charge in [0.25, 0.3) is 5.56 Å². The summed E-state index contributed by atoms with van der Waals surface area (Å²) in [6, 6.07) is 1.90. The summed E-state index contributed by atoms with van der Waals surface area (Å²) in [6.07, 6.45) is 2.06. The molecule has 0 bridgehead atoms. The molecule has 0 aromatic carbocycles. The molecule has 0 aliphatic rings. The van der Waals surface area contributed by atoms with E-state index in [2.05, 4.69) is 29.1 Å². The molecule has 1 rings (SSSR count). The third-order valence-corrected chi connectivity index (χ3v) is 2.64. The summed E-state index contributed by atoms with van der Waals surface area (Å²) >= 11 is 0. The van der Waals surface area contributed by atoms with Gasteiger partial charge in [0.15, 0.2) is 0 Å². The molecule has 0 spiro atoms. The van der Waals surface area contributed by atoms with Crippen LogP contribution in [0.15, 0.2) is 10.9 Å². The largest absolute Gasteiger partial charge is 0.367 e. The number of hydrogen-bond acceptors (Lipinski definition) is 3. The number of hydrogen-bond donors (Lipinski definition) is 2. The standard InChI is InChI=1S/C12H21N3O/c1-5-9(6-2)13-10-7-11(16)15-12(14-10)8(3)4/h7-9H,5-6H2,1-4H3,(H2,13,14,15,16). The summed E-state index contributed by atoms with van der Waals surface area (Å²) in [7, 11) is 0. The average Bonchev–Trinajstić information content (AvgIpc) is 2.25. The number of rotatable bonds is 5. The van der Waals surface area contributed by atoms with E-state index in [1.807, 2.05) is 13.8 Å². The first kappa shape index (κ1) is 12.7. The van der Waals surface area contributed by atoms with Crippen molar-refractivity contribution in [3.8, 4) is 0 Å². The number of aromatic amines is 1. The van der Waals surface area contributed by atoms with Gasteiger partial charge in [-0.15, -0.1) is 0 Å². The quantitative estimate of drug-likeness (QED) is 0.806. The van der Waals surface area contributed by atoms with E-state index in [-0.39, 0.29) is 11.5 Å². The molecule has 1 heterocycles. The maximum Gasteiger partial charge on any atom is 0.252 e. The molecule has 0 radical (unpaired) electrons. The second kappa shape index (κ2) is 5.68. The Morgan fingerprint density at radius 2 is 2.00 bits per heavy atom. The van der Waals surface area contributed by atoms with E-state index in [4.69, 9.17) is 0 Å². The Balaban J connectivity index is 2.92. The second-order valence-corrected chi connectivity index (χ2v) is 4.33. The molecule has 0 saturated heterocycles. The van der Waals surface area contributed by atoms with Crippen LogP contribution in [0.4, 0.5) is 5.82 Å².